The maximum Gasteiger partial charge on any atom is 0.259 e. The van der Waals surface area contributed by atoms with Crippen molar-refractivity contribution in [3.05, 3.63) is 48.7 Å². The molecule has 0 amide bonds. The summed E-state index contributed by atoms with van der Waals surface area (Å²) < 4.78 is 11.7. The van der Waals surface area contributed by atoms with Crippen molar-refractivity contribution in [3.63, 3.8) is 0 Å². The van der Waals surface area contributed by atoms with E-state index in [1.807, 2.05) is 13.0 Å². The van der Waals surface area contributed by atoms with Crippen molar-refractivity contribution in [2.45, 2.75) is 6.92 Å². The Kier molecular flexibility index (Phi) is 5.46. The second-order valence-electron chi connectivity index (χ2n) is 5.02. The van der Waals surface area contributed by atoms with E-state index in [2.05, 4.69) is 25.9 Å². The molecular formula is C17H14BrClN2O3S. The van der Waals surface area contributed by atoms with Gasteiger partial charge < -0.3 is 14.5 Å². The molecule has 0 aliphatic carbocycles. The number of hydrogen-bond acceptors (Lipinski definition) is 5. The number of benzene rings is 1. The van der Waals surface area contributed by atoms with Gasteiger partial charge in [0, 0.05) is 0 Å². The monoisotopic (exact) mass is 440 g/mol. The van der Waals surface area contributed by atoms with E-state index in [4.69, 9.17) is 21.1 Å². The van der Waals surface area contributed by atoms with Crippen LogP contribution in [0, 0.1) is 0 Å². The van der Waals surface area contributed by atoms with E-state index in [-0.39, 0.29) is 5.56 Å². The lowest BCUT2D eigenvalue weighted by Gasteiger charge is -2.11. The molecule has 2 heterocycles. The highest BCUT2D eigenvalue weighted by molar-refractivity contribution is 9.11. The van der Waals surface area contributed by atoms with Crippen molar-refractivity contribution in [2.24, 2.45) is 0 Å². The number of fused-ring (bicyclic) bond motifs is 1. The molecule has 0 atom stereocenters. The van der Waals surface area contributed by atoms with E-state index < -0.39 is 0 Å². The van der Waals surface area contributed by atoms with E-state index in [1.165, 1.54) is 11.3 Å². The summed E-state index contributed by atoms with van der Waals surface area (Å²) in [5, 5.41) is 1.02. The van der Waals surface area contributed by atoms with E-state index in [0.29, 0.717) is 39.2 Å². The van der Waals surface area contributed by atoms with E-state index in [1.54, 1.807) is 31.4 Å². The quantitative estimate of drug-likeness (QED) is 0.606. The second-order valence-corrected chi connectivity index (χ2v) is 7.84. The van der Waals surface area contributed by atoms with Crippen molar-refractivity contribution in [1.29, 1.82) is 0 Å². The van der Waals surface area contributed by atoms with E-state index in [9.17, 15) is 4.79 Å². The predicted octanol–water partition coefficient (Wildman–Crippen LogP) is 4.98. The molecule has 0 saturated carbocycles. The summed E-state index contributed by atoms with van der Waals surface area (Å²) in [6, 6.07) is 5.35. The molecule has 0 aliphatic rings. The summed E-state index contributed by atoms with van der Waals surface area (Å²) in [7, 11) is 1.54. The number of aromatic amines is 1. The average Bonchev–Trinajstić information content (AvgIpc) is 2.94. The molecule has 0 spiro atoms. The van der Waals surface area contributed by atoms with Crippen LogP contribution in [0.4, 0.5) is 0 Å². The molecular weight excluding hydrogens is 428 g/mol. The number of ether oxygens (including phenoxy) is 2. The number of rotatable bonds is 5. The van der Waals surface area contributed by atoms with Crippen LogP contribution >= 0.6 is 38.9 Å². The minimum Gasteiger partial charge on any atom is -0.491 e. The number of methoxy groups -OCH3 is 1. The smallest absolute Gasteiger partial charge is 0.259 e. The van der Waals surface area contributed by atoms with Gasteiger partial charge in [-0.25, -0.2) is 4.98 Å². The van der Waals surface area contributed by atoms with Crippen molar-refractivity contribution < 1.29 is 9.47 Å². The van der Waals surface area contributed by atoms with Crippen molar-refractivity contribution in [3.8, 4) is 11.5 Å². The van der Waals surface area contributed by atoms with Gasteiger partial charge in [-0.15, -0.1) is 11.3 Å². The van der Waals surface area contributed by atoms with E-state index >= 15 is 0 Å². The van der Waals surface area contributed by atoms with Gasteiger partial charge in [0.05, 0.1) is 27.9 Å². The van der Waals surface area contributed by atoms with Crippen LogP contribution < -0.4 is 15.0 Å². The first-order valence-electron chi connectivity index (χ1n) is 7.39. The SMILES string of the molecule is CCOc1cc(/C=C/c2nc3sc(Br)cc3c(=O)[nH]2)cc(Cl)c1OC. The third kappa shape index (κ3) is 3.89. The fourth-order valence-electron chi connectivity index (χ4n) is 2.32. The van der Waals surface area contributed by atoms with Gasteiger partial charge >= 0.3 is 0 Å². The van der Waals surface area contributed by atoms with Crippen molar-refractivity contribution in [2.75, 3.05) is 13.7 Å². The fraction of sp³-hybridized carbons (Fsp3) is 0.176. The van der Waals surface area contributed by atoms with Crippen LogP contribution in [0.3, 0.4) is 0 Å². The van der Waals surface area contributed by atoms with Gasteiger partial charge in [0.25, 0.3) is 5.56 Å². The second kappa shape index (κ2) is 7.59. The Morgan fingerprint density at radius 2 is 2.16 bits per heavy atom. The normalized spacial score (nSPS) is 11.4. The number of H-pyrrole nitrogens is 1. The van der Waals surface area contributed by atoms with Crippen LogP contribution in [-0.2, 0) is 0 Å². The molecule has 25 heavy (non-hydrogen) atoms. The van der Waals surface area contributed by atoms with Gasteiger partial charge in [-0.1, -0.05) is 17.7 Å². The molecule has 3 rings (SSSR count). The zero-order valence-electron chi connectivity index (χ0n) is 13.4. The molecule has 0 fully saturated rings. The Labute approximate surface area is 161 Å². The first kappa shape index (κ1) is 18.0. The van der Waals surface area contributed by atoms with Crippen molar-refractivity contribution in [1.82, 2.24) is 9.97 Å². The van der Waals surface area contributed by atoms with Gasteiger partial charge in [-0.2, -0.15) is 0 Å². The molecule has 0 radical (unpaired) electrons. The van der Waals surface area contributed by atoms with Crippen LogP contribution in [0.2, 0.25) is 5.02 Å². The van der Waals surface area contributed by atoms with Crippen LogP contribution in [0.15, 0.2) is 26.8 Å². The Balaban J connectivity index is 1.97. The summed E-state index contributed by atoms with van der Waals surface area (Å²) in [4.78, 5) is 20.0. The lowest BCUT2D eigenvalue weighted by atomic mass is 10.2. The van der Waals surface area contributed by atoms with Crippen LogP contribution in [0.5, 0.6) is 11.5 Å². The Bertz CT molecular complexity index is 1010. The highest BCUT2D eigenvalue weighted by Crippen LogP contribution is 2.36. The average molecular weight is 442 g/mol. The molecule has 5 nitrogen and oxygen atoms in total. The minimum absolute atomic E-state index is 0.172. The number of thiophene rings is 1. The number of halogens is 2. The summed E-state index contributed by atoms with van der Waals surface area (Å²) in [5.41, 5.74) is 0.638. The number of hydrogen-bond donors (Lipinski definition) is 1. The highest BCUT2D eigenvalue weighted by atomic mass is 79.9. The Morgan fingerprint density at radius 1 is 1.36 bits per heavy atom. The summed E-state index contributed by atoms with van der Waals surface area (Å²) in [6.07, 6.45) is 3.53. The number of aromatic nitrogens is 2. The van der Waals surface area contributed by atoms with Gasteiger partial charge in [0.15, 0.2) is 11.5 Å². The van der Waals surface area contributed by atoms with Crippen LogP contribution in [0.25, 0.3) is 22.4 Å². The zero-order chi connectivity index (χ0) is 18.0. The third-order valence-corrected chi connectivity index (χ3v) is 5.17. The van der Waals surface area contributed by atoms with Crippen LogP contribution in [0.1, 0.15) is 18.3 Å². The minimum atomic E-state index is -0.172. The standard InChI is InChI=1S/C17H14BrClN2O3S/c1-3-24-12-7-9(6-11(19)15(12)23-2)4-5-14-20-16(22)10-8-13(18)25-17(10)21-14/h4-8H,3H2,1-2H3,(H,20,21,22)/b5-4+. The molecule has 1 aromatic carbocycles. The fourth-order valence-corrected chi connectivity index (χ4v) is 4.07. The molecule has 0 aliphatic heterocycles. The molecule has 3 aromatic rings. The molecule has 2 aromatic heterocycles. The van der Waals surface area contributed by atoms with Gasteiger partial charge in [-0.05, 0) is 52.7 Å². The van der Waals surface area contributed by atoms with E-state index in [0.717, 1.165) is 9.35 Å². The topological polar surface area (TPSA) is 64.2 Å². The number of nitrogens with zero attached hydrogens (tertiary/aromatic N) is 1. The first-order chi connectivity index (χ1) is 12.0. The maximum atomic E-state index is 12.1. The predicted molar refractivity (Wildman–Crippen MR) is 106 cm³/mol. The highest BCUT2D eigenvalue weighted by Gasteiger charge is 2.11. The van der Waals surface area contributed by atoms with Gasteiger partial charge in [-0.3, -0.25) is 4.79 Å². The largest absolute Gasteiger partial charge is 0.491 e. The van der Waals surface area contributed by atoms with Gasteiger partial charge in [0.2, 0.25) is 0 Å². The summed E-state index contributed by atoms with van der Waals surface area (Å²) >= 11 is 11.0. The first-order valence-corrected chi connectivity index (χ1v) is 9.38. The Hall–Kier alpha value is -1.83. The summed E-state index contributed by atoms with van der Waals surface area (Å²) in [6.45, 7) is 2.39. The van der Waals surface area contributed by atoms with Crippen molar-refractivity contribution >= 4 is 61.2 Å². The van der Waals surface area contributed by atoms with Crippen LogP contribution in [-0.4, -0.2) is 23.7 Å². The lowest BCUT2D eigenvalue weighted by molar-refractivity contribution is 0.311. The summed E-state index contributed by atoms with van der Waals surface area (Å²) in [5.74, 6) is 1.53. The molecule has 1 N–H and O–H groups in total. The maximum absolute atomic E-state index is 12.1. The molecule has 8 heteroatoms. The molecule has 0 bridgehead atoms. The zero-order valence-corrected chi connectivity index (χ0v) is 16.6. The Morgan fingerprint density at radius 3 is 2.88 bits per heavy atom. The van der Waals surface area contributed by atoms with Gasteiger partial charge in [0.1, 0.15) is 10.7 Å². The third-order valence-electron chi connectivity index (χ3n) is 3.36. The molecule has 130 valence electrons. The lowest BCUT2D eigenvalue weighted by Crippen LogP contribution is -2.07. The number of nitrogens with one attached hydrogen (secondary N) is 1. The molecule has 0 saturated heterocycles. The molecule has 0 unspecified atom stereocenters.